The van der Waals surface area contributed by atoms with Crippen molar-refractivity contribution in [3.05, 3.63) is 0 Å². The van der Waals surface area contributed by atoms with E-state index in [1.807, 2.05) is 0 Å². The summed E-state index contributed by atoms with van der Waals surface area (Å²) in [6.45, 7) is 14.2. The largest absolute Gasteiger partial charge is 0.0651 e. The van der Waals surface area contributed by atoms with Gasteiger partial charge < -0.3 is 0 Å². The zero-order valence-corrected chi connectivity index (χ0v) is 14.7. The van der Waals surface area contributed by atoms with Crippen molar-refractivity contribution in [2.45, 2.75) is 106 Å². The summed E-state index contributed by atoms with van der Waals surface area (Å²) in [6, 6.07) is 0. The molecular weight excluding hydrogens is 228 g/mol. The molecule has 0 radical (unpaired) electrons. The van der Waals surface area contributed by atoms with Gasteiger partial charge in [0.1, 0.15) is 0 Å². The highest BCUT2D eigenvalue weighted by atomic mass is 14.1. The van der Waals surface area contributed by atoms with Crippen LogP contribution in [0.1, 0.15) is 106 Å². The van der Waals surface area contributed by atoms with Crippen molar-refractivity contribution in [1.82, 2.24) is 0 Å². The first kappa shape index (κ1) is 19.0. The van der Waals surface area contributed by atoms with Crippen molar-refractivity contribution < 1.29 is 0 Å². The van der Waals surface area contributed by atoms with Gasteiger partial charge in [0.05, 0.1) is 0 Å². The molecule has 0 aliphatic carbocycles. The Bertz CT molecular complexity index is 187. The summed E-state index contributed by atoms with van der Waals surface area (Å²) in [5.41, 5.74) is 0.533. The molecule has 0 rings (SSSR count). The van der Waals surface area contributed by atoms with Crippen LogP contribution in [0.15, 0.2) is 0 Å². The molecule has 0 bridgehead atoms. The van der Waals surface area contributed by atoms with Crippen LogP contribution in [-0.4, -0.2) is 0 Å². The minimum absolute atomic E-state index is 0.533. The number of hydrogen-bond acceptors (Lipinski definition) is 0. The molecule has 0 aromatic carbocycles. The smallest absolute Gasteiger partial charge is 0.0383 e. The fraction of sp³-hybridized carbons (Fsp3) is 1.00. The Morgan fingerprint density at radius 2 is 1.26 bits per heavy atom. The maximum absolute atomic E-state index is 2.44. The number of hydrogen-bond donors (Lipinski definition) is 0. The van der Waals surface area contributed by atoms with Gasteiger partial charge in [-0.25, -0.2) is 0 Å². The normalized spacial score (nSPS) is 15.5. The van der Waals surface area contributed by atoms with Crippen LogP contribution >= 0.6 is 0 Å². The molecule has 0 heteroatoms. The van der Waals surface area contributed by atoms with Crippen molar-refractivity contribution in [1.29, 1.82) is 0 Å². The fourth-order valence-electron chi connectivity index (χ4n) is 2.83. The van der Waals surface area contributed by atoms with Crippen LogP contribution < -0.4 is 0 Å². The third kappa shape index (κ3) is 14.2. The fourth-order valence-corrected chi connectivity index (χ4v) is 2.83. The van der Waals surface area contributed by atoms with E-state index in [0.717, 1.165) is 11.8 Å². The Morgan fingerprint density at radius 3 is 1.79 bits per heavy atom. The van der Waals surface area contributed by atoms with E-state index in [1.165, 1.54) is 64.2 Å². The number of unbranched alkanes of at least 4 members (excludes halogenated alkanes) is 5. The van der Waals surface area contributed by atoms with Crippen LogP contribution in [-0.2, 0) is 0 Å². The van der Waals surface area contributed by atoms with E-state index >= 15 is 0 Å². The molecule has 0 spiro atoms. The van der Waals surface area contributed by atoms with Gasteiger partial charge in [0, 0.05) is 0 Å². The highest BCUT2D eigenvalue weighted by molar-refractivity contribution is 4.61. The quantitative estimate of drug-likeness (QED) is 0.347. The van der Waals surface area contributed by atoms with Crippen LogP contribution in [0.5, 0.6) is 0 Å². The molecule has 0 saturated carbocycles. The average Bonchev–Trinajstić information content (AvgIpc) is 2.31. The second-order valence-electron chi connectivity index (χ2n) is 8.07. The summed E-state index contributed by atoms with van der Waals surface area (Å²) in [5.74, 6) is 1.86. The van der Waals surface area contributed by atoms with Gasteiger partial charge in [-0.1, -0.05) is 92.9 Å². The lowest BCUT2D eigenvalue weighted by atomic mass is 9.89. The molecule has 116 valence electrons. The Balaban J connectivity index is 3.27. The van der Waals surface area contributed by atoms with Gasteiger partial charge in [0.15, 0.2) is 0 Å². The summed E-state index contributed by atoms with van der Waals surface area (Å²) in [6.07, 6.45) is 14.3. The van der Waals surface area contributed by atoms with Crippen molar-refractivity contribution in [2.24, 2.45) is 17.3 Å². The van der Waals surface area contributed by atoms with Gasteiger partial charge in [0.2, 0.25) is 0 Å². The second-order valence-corrected chi connectivity index (χ2v) is 8.07. The molecule has 0 aromatic heterocycles. The summed E-state index contributed by atoms with van der Waals surface area (Å²) in [7, 11) is 0. The number of rotatable bonds is 11. The Labute approximate surface area is 123 Å². The van der Waals surface area contributed by atoms with Crippen molar-refractivity contribution in [3.8, 4) is 0 Å². The second kappa shape index (κ2) is 10.7. The first-order valence-electron chi connectivity index (χ1n) is 8.85. The van der Waals surface area contributed by atoms with Crippen molar-refractivity contribution in [2.75, 3.05) is 0 Å². The van der Waals surface area contributed by atoms with Crippen LogP contribution in [0, 0.1) is 17.3 Å². The Hall–Kier alpha value is 0. The minimum atomic E-state index is 0.533. The lowest BCUT2D eigenvalue weighted by Gasteiger charge is -2.17. The average molecular weight is 269 g/mol. The van der Waals surface area contributed by atoms with Crippen molar-refractivity contribution >= 4 is 0 Å². The molecule has 2 unspecified atom stereocenters. The molecule has 19 heavy (non-hydrogen) atoms. The standard InChI is InChI=1S/C19H40/c1-7-17(2)16-18(3)14-12-10-8-9-11-13-15-19(4,5)6/h17-18H,7-16H2,1-6H3. The Kier molecular flexibility index (Phi) is 10.7. The topological polar surface area (TPSA) is 0 Å². The molecule has 0 amide bonds. The maximum atomic E-state index is 2.44. The molecular formula is C19H40. The monoisotopic (exact) mass is 268 g/mol. The summed E-state index contributed by atoms with van der Waals surface area (Å²) < 4.78 is 0. The van der Waals surface area contributed by atoms with Crippen molar-refractivity contribution in [3.63, 3.8) is 0 Å². The highest BCUT2D eigenvalue weighted by Gasteiger charge is 2.09. The van der Waals surface area contributed by atoms with Gasteiger partial charge in [-0.3, -0.25) is 0 Å². The van der Waals surface area contributed by atoms with Gasteiger partial charge >= 0.3 is 0 Å². The molecule has 0 N–H and O–H groups in total. The third-order valence-electron chi connectivity index (χ3n) is 4.38. The van der Waals surface area contributed by atoms with Gasteiger partial charge in [-0.2, -0.15) is 0 Å². The molecule has 0 saturated heterocycles. The van der Waals surface area contributed by atoms with E-state index in [1.54, 1.807) is 0 Å². The summed E-state index contributed by atoms with van der Waals surface area (Å²) in [5, 5.41) is 0. The molecule has 0 heterocycles. The SMILES string of the molecule is CCC(C)CC(C)CCCCCCCCC(C)(C)C. The van der Waals surface area contributed by atoms with E-state index in [0.29, 0.717) is 5.41 Å². The van der Waals surface area contributed by atoms with Crippen LogP contribution in [0.3, 0.4) is 0 Å². The molecule has 0 fully saturated rings. The lowest BCUT2D eigenvalue weighted by Crippen LogP contribution is -2.04. The van der Waals surface area contributed by atoms with E-state index < -0.39 is 0 Å². The zero-order valence-electron chi connectivity index (χ0n) is 14.7. The minimum Gasteiger partial charge on any atom is -0.0651 e. The molecule has 0 aliphatic rings. The third-order valence-corrected chi connectivity index (χ3v) is 4.38. The van der Waals surface area contributed by atoms with E-state index in [2.05, 4.69) is 41.5 Å². The predicted octanol–water partition coefficient (Wildman–Crippen LogP) is 7.23. The zero-order chi connectivity index (χ0) is 14.7. The summed E-state index contributed by atoms with van der Waals surface area (Å²) in [4.78, 5) is 0. The first-order valence-corrected chi connectivity index (χ1v) is 8.85. The summed E-state index contributed by atoms with van der Waals surface area (Å²) >= 11 is 0. The lowest BCUT2D eigenvalue weighted by molar-refractivity contribution is 0.353. The van der Waals surface area contributed by atoms with Crippen LogP contribution in [0.2, 0.25) is 0 Å². The molecule has 0 aromatic rings. The maximum Gasteiger partial charge on any atom is -0.0383 e. The molecule has 2 atom stereocenters. The predicted molar refractivity (Wildman–Crippen MR) is 89.6 cm³/mol. The van der Waals surface area contributed by atoms with E-state index in [-0.39, 0.29) is 0 Å². The molecule has 0 nitrogen and oxygen atoms in total. The van der Waals surface area contributed by atoms with Gasteiger partial charge in [-0.15, -0.1) is 0 Å². The highest BCUT2D eigenvalue weighted by Crippen LogP contribution is 2.23. The van der Waals surface area contributed by atoms with Gasteiger partial charge in [0.25, 0.3) is 0 Å². The van der Waals surface area contributed by atoms with Crippen LogP contribution in [0.25, 0.3) is 0 Å². The van der Waals surface area contributed by atoms with E-state index in [9.17, 15) is 0 Å². The molecule has 0 aliphatic heterocycles. The first-order chi connectivity index (χ1) is 8.85. The Morgan fingerprint density at radius 1 is 0.737 bits per heavy atom. The van der Waals surface area contributed by atoms with E-state index in [4.69, 9.17) is 0 Å². The van der Waals surface area contributed by atoms with Crippen LogP contribution in [0.4, 0.5) is 0 Å². The van der Waals surface area contributed by atoms with Gasteiger partial charge in [-0.05, 0) is 30.1 Å².